The number of urea groups is 2. The molecule has 14 nitrogen and oxygen atoms in total. The number of aromatic nitrogens is 6. The van der Waals surface area contributed by atoms with E-state index in [0.717, 1.165) is 0 Å². The number of nitrogen functional groups attached to an aromatic ring is 2. The van der Waals surface area contributed by atoms with Crippen LogP contribution in [0.4, 0.5) is 33.1 Å². The van der Waals surface area contributed by atoms with Gasteiger partial charge in [0.1, 0.15) is 11.6 Å². The average Bonchev–Trinajstić information content (AvgIpc) is 3.06. The summed E-state index contributed by atoms with van der Waals surface area (Å²) in [6.45, 7) is 0.588. The number of hydrogen-bond donors (Lipinski definition) is 6. The van der Waals surface area contributed by atoms with E-state index in [0.29, 0.717) is 79.0 Å². The van der Waals surface area contributed by atoms with E-state index in [1.807, 2.05) is 0 Å². The zero-order valence-electron chi connectivity index (χ0n) is 25.8. The molecule has 0 unspecified atom stereocenters. The minimum absolute atomic E-state index is 0.0323. The molecule has 0 fully saturated rings. The number of pyridine rings is 2. The number of carbonyl (C=O) groups excluding carboxylic acids is 2. The predicted octanol–water partition coefficient (Wildman–Crippen LogP) is 7.20. The molecular formula is C32H26Cl4N12O2. The molecule has 0 spiro atoms. The van der Waals surface area contributed by atoms with Gasteiger partial charge in [-0.1, -0.05) is 58.5 Å². The predicted molar refractivity (Wildman–Crippen MR) is 198 cm³/mol. The first-order chi connectivity index (χ1) is 24.1. The van der Waals surface area contributed by atoms with Gasteiger partial charge in [0.2, 0.25) is 11.9 Å². The Bertz CT molecular complexity index is 2070. The molecule has 4 amide bonds. The normalized spacial score (nSPS) is 11.0. The third kappa shape index (κ3) is 7.79. The zero-order valence-corrected chi connectivity index (χ0v) is 28.8. The van der Waals surface area contributed by atoms with Crippen LogP contribution in [-0.2, 0) is 0 Å². The third-order valence-electron chi connectivity index (χ3n) is 7.28. The number of amides is 4. The van der Waals surface area contributed by atoms with Gasteiger partial charge in [0, 0.05) is 58.5 Å². The van der Waals surface area contributed by atoms with E-state index in [2.05, 4.69) is 51.2 Å². The van der Waals surface area contributed by atoms with Crippen molar-refractivity contribution in [1.29, 1.82) is 0 Å². The minimum atomic E-state index is -0.522. The number of fused-ring (bicyclic) bond motifs is 2. The maximum absolute atomic E-state index is 12.9. The molecule has 254 valence electrons. The highest BCUT2D eigenvalue weighted by Crippen LogP contribution is 2.40. The summed E-state index contributed by atoms with van der Waals surface area (Å²) in [6, 6.07) is 12.6. The molecule has 0 aliphatic heterocycles. The number of nitrogens with zero attached hydrogens (tertiary/aromatic N) is 6. The second-order valence-corrected chi connectivity index (χ2v) is 12.3. The molecule has 0 aliphatic rings. The fraction of sp³-hybridized carbons (Fsp3) is 0.125. The second-order valence-electron chi connectivity index (χ2n) is 10.7. The van der Waals surface area contributed by atoms with E-state index >= 15 is 0 Å². The molecule has 0 radical (unpaired) electrons. The Morgan fingerprint density at radius 1 is 0.600 bits per heavy atom. The molecule has 6 rings (SSSR count). The van der Waals surface area contributed by atoms with Crippen LogP contribution in [0.1, 0.15) is 12.8 Å². The number of benzene rings is 2. The number of halogens is 4. The lowest BCUT2D eigenvalue weighted by atomic mass is 10.0. The molecule has 18 heteroatoms. The highest BCUT2D eigenvalue weighted by Gasteiger charge is 2.19. The molecule has 4 heterocycles. The van der Waals surface area contributed by atoms with E-state index < -0.39 is 12.1 Å². The maximum atomic E-state index is 12.9. The molecule has 0 bridgehead atoms. The van der Waals surface area contributed by atoms with Gasteiger partial charge in [0.15, 0.2) is 11.3 Å². The molecule has 2 aromatic carbocycles. The topological polar surface area (TPSA) is 212 Å². The molecule has 0 aliphatic carbocycles. The summed E-state index contributed by atoms with van der Waals surface area (Å²) in [5.41, 5.74) is 14.0. The van der Waals surface area contributed by atoms with E-state index in [9.17, 15) is 9.59 Å². The van der Waals surface area contributed by atoms with Gasteiger partial charge in [-0.3, -0.25) is 10.6 Å². The van der Waals surface area contributed by atoms with Gasteiger partial charge >= 0.3 is 12.1 Å². The van der Waals surface area contributed by atoms with Crippen molar-refractivity contribution in [3.63, 3.8) is 0 Å². The average molecular weight is 752 g/mol. The maximum Gasteiger partial charge on any atom is 0.320 e. The summed E-state index contributed by atoms with van der Waals surface area (Å²) in [6.07, 6.45) is 4.12. The number of hydrogen-bond acceptors (Lipinski definition) is 10. The van der Waals surface area contributed by atoms with Crippen molar-refractivity contribution in [2.75, 3.05) is 35.2 Å². The van der Waals surface area contributed by atoms with Crippen LogP contribution in [0.3, 0.4) is 0 Å². The van der Waals surface area contributed by atoms with Gasteiger partial charge in [-0.25, -0.2) is 29.5 Å². The lowest BCUT2D eigenvalue weighted by Crippen LogP contribution is -2.32. The summed E-state index contributed by atoms with van der Waals surface area (Å²) in [5, 5.41) is 13.7. The monoisotopic (exact) mass is 750 g/mol. The Hall–Kier alpha value is -5.28. The molecule has 50 heavy (non-hydrogen) atoms. The number of anilines is 4. The van der Waals surface area contributed by atoms with Gasteiger partial charge in [-0.05, 0) is 49.2 Å². The zero-order chi connectivity index (χ0) is 35.4. The van der Waals surface area contributed by atoms with Crippen molar-refractivity contribution in [3.8, 4) is 22.3 Å². The number of rotatable bonds is 9. The number of nitrogens with one attached hydrogen (secondary N) is 4. The fourth-order valence-electron chi connectivity index (χ4n) is 4.99. The molecule has 8 N–H and O–H groups in total. The van der Waals surface area contributed by atoms with Crippen LogP contribution in [0.25, 0.3) is 44.3 Å². The van der Waals surface area contributed by atoms with Gasteiger partial charge in [-0.15, -0.1) is 0 Å². The largest absolute Gasteiger partial charge is 0.368 e. The Balaban J connectivity index is 1.06. The quantitative estimate of drug-likeness (QED) is 0.0818. The number of unbranched alkanes of at least 4 members (excludes halogenated alkanes) is 1. The summed E-state index contributed by atoms with van der Waals surface area (Å²) in [4.78, 5) is 51.2. The summed E-state index contributed by atoms with van der Waals surface area (Å²) >= 11 is 25.9. The molecule has 0 saturated heterocycles. The molecule has 0 saturated carbocycles. The van der Waals surface area contributed by atoms with Crippen LogP contribution in [0.2, 0.25) is 20.1 Å². The van der Waals surface area contributed by atoms with Crippen LogP contribution in [-0.4, -0.2) is 55.1 Å². The van der Waals surface area contributed by atoms with E-state index in [4.69, 9.17) is 57.9 Å². The van der Waals surface area contributed by atoms with E-state index in [-0.39, 0.29) is 34.8 Å². The van der Waals surface area contributed by atoms with Crippen LogP contribution >= 0.6 is 46.4 Å². The van der Waals surface area contributed by atoms with Crippen molar-refractivity contribution in [2.45, 2.75) is 12.8 Å². The van der Waals surface area contributed by atoms with E-state index in [1.165, 1.54) is 12.4 Å². The van der Waals surface area contributed by atoms with Crippen molar-refractivity contribution >= 4 is 104 Å². The molecule has 4 aromatic heterocycles. The smallest absolute Gasteiger partial charge is 0.320 e. The molecular weight excluding hydrogens is 726 g/mol. The van der Waals surface area contributed by atoms with Gasteiger partial charge in [-0.2, -0.15) is 9.97 Å². The lowest BCUT2D eigenvalue weighted by Gasteiger charge is -2.15. The van der Waals surface area contributed by atoms with Crippen molar-refractivity contribution < 1.29 is 9.59 Å². The number of nitrogens with two attached hydrogens (primary N) is 2. The first kappa shape index (κ1) is 34.6. The first-order valence-electron chi connectivity index (χ1n) is 14.9. The summed E-state index contributed by atoms with van der Waals surface area (Å²) in [5.74, 6) is 0.417. The van der Waals surface area contributed by atoms with Gasteiger partial charge < -0.3 is 22.1 Å². The highest BCUT2D eigenvalue weighted by molar-refractivity contribution is 6.40. The van der Waals surface area contributed by atoms with Crippen molar-refractivity contribution in [1.82, 2.24) is 40.5 Å². The Kier molecular flexibility index (Phi) is 10.4. The number of carbonyl (C=O) groups is 2. The standard InChI is InChI=1S/C32H26Cl4N12O2/c33-19-5-3-6-20(34)23(19)17-11-15-13-41-29(37)45-25(15)43-27(17)47-31(49)39-9-1-2-10-40-32(50)48-28-18(24-21(35)7-4-8-22(24)36)12-16-14-42-30(38)46-26(16)44-28/h3-8,11-14H,1-2,9-10H2,(H4,37,39,41,43,45,47,49)(H4,38,40,42,44,46,48,50). The lowest BCUT2D eigenvalue weighted by molar-refractivity contribution is 0.250. The summed E-state index contributed by atoms with van der Waals surface area (Å²) < 4.78 is 0. The molecule has 0 atom stereocenters. The molecule has 6 aromatic rings. The Morgan fingerprint density at radius 3 is 1.36 bits per heavy atom. The van der Waals surface area contributed by atoms with Crippen molar-refractivity contribution in [3.05, 3.63) is 81.0 Å². The first-order valence-corrected chi connectivity index (χ1v) is 16.4. The second kappa shape index (κ2) is 15.1. The van der Waals surface area contributed by atoms with Gasteiger partial charge in [0.05, 0.1) is 20.1 Å². The highest BCUT2D eigenvalue weighted by atomic mass is 35.5. The van der Waals surface area contributed by atoms with Crippen LogP contribution < -0.4 is 32.7 Å². The summed E-state index contributed by atoms with van der Waals surface area (Å²) in [7, 11) is 0. The minimum Gasteiger partial charge on any atom is -0.368 e. The van der Waals surface area contributed by atoms with Crippen LogP contribution in [0, 0.1) is 0 Å². The Labute approximate surface area is 304 Å². The van der Waals surface area contributed by atoms with Crippen LogP contribution in [0.5, 0.6) is 0 Å². The van der Waals surface area contributed by atoms with E-state index in [1.54, 1.807) is 48.5 Å². The van der Waals surface area contributed by atoms with Crippen LogP contribution in [0.15, 0.2) is 60.9 Å². The van der Waals surface area contributed by atoms with Crippen molar-refractivity contribution in [2.24, 2.45) is 0 Å². The fourth-order valence-corrected chi connectivity index (χ4v) is 6.19. The third-order valence-corrected chi connectivity index (χ3v) is 8.54. The SMILES string of the molecule is Nc1ncc2cc(-c3c(Cl)cccc3Cl)c(NC(=O)NCCCCNC(=O)Nc3nc4nc(N)ncc4cc3-c3c(Cl)cccc3Cl)nc2n1. The van der Waals surface area contributed by atoms with Gasteiger partial charge in [0.25, 0.3) is 0 Å². The Morgan fingerprint density at radius 2 is 0.980 bits per heavy atom.